The molecule has 2 rings (SSSR count). The maximum absolute atomic E-state index is 8.90. The Morgan fingerprint density at radius 2 is 2.50 bits per heavy atom. The van der Waals surface area contributed by atoms with E-state index in [9.17, 15) is 0 Å². The molecule has 1 aromatic rings. The largest absolute Gasteiger partial charge is 0.396 e. The number of aliphatic hydroxyl groups excluding tert-OH is 1. The third-order valence-electron chi connectivity index (χ3n) is 3.41. The first-order valence-electron chi connectivity index (χ1n) is 6.01. The number of hydrogen-bond acceptors (Lipinski definition) is 4. The summed E-state index contributed by atoms with van der Waals surface area (Å²) >= 11 is 1.77. The van der Waals surface area contributed by atoms with Crippen LogP contribution in [0.15, 0.2) is 5.51 Å². The summed E-state index contributed by atoms with van der Waals surface area (Å²) in [6.07, 6.45) is 3.35. The number of aromatic nitrogens is 1. The van der Waals surface area contributed by atoms with Crippen molar-refractivity contribution in [3.63, 3.8) is 0 Å². The minimum absolute atomic E-state index is 0.340. The molecule has 0 spiro atoms. The normalized spacial score (nSPS) is 21.8. The van der Waals surface area contributed by atoms with Crippen LogP contribution in [0.4, 0.5) is 0 Å². The van der Waals surface area contributed by atoms with E-state index in [4.69, 9.17) is 5.11 Å². The van der Waals surface area contributed by atoms with Gasteiger partial charge in [0.1, 0.15) is 0 Å². The Morgan fingerprint density at radius 1 is 1.62 bits per heavy atom. The molecule has 90 valence electrons. The van der Waals surface area contributed by atoms with Gasteiger partial charge in [-0.3, -0.25) is 0 Å². The molecule has 1 N–H and O–H groups in total. The standard InChI is InChI=1S/C12H20N2OS/c1-10-12(16-9-13-10)3-6-14-5-2-11(8-14)4-7-15/h9,11,15H,2-8H2,1H3. The van der Waals surface area contributed by atoms with Crippen molar-refractivity contribution in [3.05, 3.63) is 16.1 Å². The molecular formula is C12H20N2OS. The molecular weight excluding hydrogens is 220 g/mol. The molecule has 1 aromatic heterocycles. The lowest BCUT2D eigenvalue weighted by Gasteiger charge is -2.15. The number of thiazole rings is 1. The highest BCUT2D eigenvalue weighted by molar-refractivity contribution is 7.09. The Balaban J connectivity index is 1.74. The minimum Gasteiger partial charge on any atom is -0.396 e. The van der Waals surface area contributed by atoms with Crippen LogP contribution in [0.3, 0.4) is 0 Å². The molecule has 0 bridgehead atoms. The number of likely N-dealkylation sites (tertiary alicyclic amines) is 1. The predicted molar refractivity (Wildman–Crippen MR) is 66.8 cm³/mol. The van der Waals surface area contributed by atoms with E-state index in [1.807, 2.05) is 5.51 Å². The van der Waals surface area contributed by atoms with Gasteiger partial charge >= 0.3 is 0 Å². The first-order valence-corrected chi connectivity index (χ1v) is 6.89. The summed E-state index contributed by atoms with van der Waals surface area (Å²) < 4.78 is 0. The summed E-state index contributed by atoms with van der Waals surface area (Å²) in [4.78, 5) is 8.21. The van der Waals surface area contributed by atoms with E-state index in [0.717, 1.165) is 19.4 Å². The quantitative estimate of drug-likeness (QED) is 0.851. The Kier molecular flexibility index (Phi) is 4.32. The van der Waals surface area contributed by atoms with Crippen LogP contribution in [-0.2, 0) is 6.42 Å². The van der Waals surface area contributed by atoms with Crippen LogP contribution in [0.25, 0.3) is 0 Å². The van der Waals surface area contributed by atoms with Crippen molar-refractivity contribution in [3.8, 4) is 0 Å². The SMILES string of the molecule is Cc1ncsc1CCN1CCC(CCO)C1. The van der Waals surface area contributed by atoms with Crippen LogP contribution in [0.2, 0.25) is 0 Å². The molecule has 0 radical (unpaired) electrons. The average Bonchev–Trinajstić information content (AvgIpc) is 2.86. The van der Waals surface area contributed by atoms with Crippen molar-refractivity contribution in [1.82, 2.24) is 9.88 Å². The van der Waals surface area contributed by atoms with Crippen LogP contribution in [0.5, 0.6) is 0 Å². The number of nitrogens with zero attached hydrogens (tertiary/aromatic N) is 2. The zero-order valence-electron chi connectivity index (χ0n) is 9.85. The predicted octanol–water partition coefficient (Wildman–Crippen LogP) is 1.70. The van der Waals surface area contributed by atoms with Crippen molar-refractivity contribution in [2.45, 2.75) is 26.2 Å². The Labute approximate surface area is 101 Å². The van der Waals surface area contributed by atoms with E-state index in [1.165, 1.54) is 30.1 Å². The van der Waals surface area contributed by atoms with Crippen LogP contribution in [-0.4, -0.2) is 41.2 Å². The first kappa shape index (κ1) is 12.0. The molecule has 0 amide bonds. The molecule has 0 saturated carbocycles. The van der Waals surface area contributed by atoms with Crippen LogP contribution in [0.1, 0.15) is 23.4 Å². The summed E-state index contributed by atoms with van der Waals surface area (Å²) in [5, 5.41) is 8.90. The number of aliphatic hydroxyl groups is 1. The van der Waals surface area contributed by atoms with Gasteiger partial charge in [-0.2, -0.15) is 0 Å². The van der Waals surface area contributed by atoms with Crippen molar-refractivity contribution < 1.29 is 5.11 Å². The van der Waals surface area contributed by atoms with E-state index < -0.39 is 0 Å². The van der Waals surface area contributed by atoms with E-state index in [-0.39, 0.29) is 0 Å². The Bertz CT molecular complexity index is 327. The maximum Gasteiger partial charge on any atom is 0.0797 e. The van der Waals surface area contributed by atoms with E-state index in [1.54, 1.807) is 11.3 Å². The lowest BCUT2D eigenvalue weighted by molar-refractivity contribution is 0.251. The van der Waals surface area contributed by atoms with E-state index in [0.29, 0.717) is 12.5 Å². The highest BCUT2D eigenvalue weighted by Gasteiger charge is 2.21. The summed E-state index contributed by atoms with van der Waals surface area (Å²) in [7, 11) is 0. The van der Waals surface area contributed by atoms with E-state index in [2.05, 4.69) is 16.8 Å². The van der Waals surface area contributed by atoms with Gasteiger partial charge in [0.2, 0.25) is 0 Å². The summed E-state index contributed by atoms with van der Waals surface area (Å²) in [6.45, 7) is 5.93. The van der Waals surface area contributed by atoms with Crippen molar-refractivity contribution in [1.29, 1.82) is 0 Å². The zero-order chi connectivity index (χ0) is 11.4. The lowest BCUT2D eigenvalue weighted by Crippen LogP contribution is -2.23. The van der Waals surface area contributed by atoms with Gasteiger partial charge in [-0.15, -0.1) is 11.3 Å². The van der Waals surface area contributed by atoms with Gasteiger partial charge in [-0.25, -0.2) is 4.98 Å². The van der Waals surface area contributed by atoms with Crippen molar-refractivity contribution >= 4 is 11.3 Å². The summed E-state index contributed by atoms with van der Waals surface area (Å²) in [5.41, 5.74) is 3.12. The number of rotatable bonds is 5. The number of hydrogen-bond donors (Lipinski definition) is 1. The second kappa shape index (κ2) is 5.75. The van der Waals surface area contributed by atoms with Crippen LogP contribution >= 0.6 is 11.3 Å². The fourth-order valence-corrected chi connectivity index (χ4v) is 3.13. The molecule has 1 atom stereocenters. The minimum atomic E-state index is 0.340. The molecule has 3 nitrogen and oxygen atoms in total. The average molecular weight is 240 g/mol. The molecule has 1 unspecified atom stereocenters. The van der Waals surface area contributed by atoms with Gasteiger partial charge in [0.15, 0.2) is 0 Å². The van der Waals surface area contributed by atoms with Gasteiger partial charge in [-0.1, -0.05) is 0 Å². The topological polar surface area (TPSA) is 36.4 Å². The third kappa shape index (κ3) is 3.03. The molecule has 2 heterocycles. The highest BCUT2D eigenvalue weighted by atomic mass is 32.1. The zero-order valence-corrected chi connectivity index (χ0v) is 10.7. The van der Waals surface area contributed by atoms with Gasteiger partial charge in [0.25, 0.3) is 0 Å². The second-order valence-corrected chi connectivity index (χ2v) is 5.52. The smallest absolute Gasteiger partial charge is 0.0797 e. The third-order valence-corrected chi connectivity index (χ3v) is 4.40. The fourth-order valence-electron chi connectivity index (χ4n) is 2.36. The molecule has 0 aliphatic carbocycles. The van der Waals surface area contributed by atoms with Gasteiger partial charge in [0, 0.05) is 24.6 Å². The second-order valence-electron chi connectivity index (χ2n) is 4.58. The summed E-state index contributed by atoms with van der Waals surface area (Å²) in [5.74, 6) is 0.715. The fraction of sp³-hybridized carbons (Fsp3) is 0.750. The molecule has 1 aliphatic rings. The molecule has 4 heteroatoms. The Hall–Kier alpha value is -0.450. The molecule has 0 aromatic carbocycles. The van der Waals surface area contributed by atoms with Crippen LogP contribution in [0, 0.1) is 12.8 Å². The van der Waals surface area contributed by atoms with E-state index >= 15 is 0 Å². The Morgan fingerprint density at radius 3 is 3.19 bits per heavy atom. The lowest BCUT2D eigenvalue weighted by atomic mass is 10.1. The number of aryl methyl sites for hydroxylation is 1. The van der Waals surface area contributed by atoms with Gasteiger partial charge in [0.05, 0.1) is 11.2 Å². The maximum atomic E-state index is 8.90. The van der Waals surface area contributed by atoms with Gasteiger partial charge in [-0.05, 0) is 38.6 Å². The first-order chi connectivity index (χ1) is 7.79. The molecule has 16 heavy (non-hydrogen) atoms. The molecule has 1 saturated heterocycles. The van der Waals surface area contributed by atoms with Crippen LogP contribution < -0.4 is 0 Å². The molecule has 1 fully saturated rings. The van der Waals surface area contributed by atoms with Crippen molar-refractivity contribution in [2.24, 2.45) is 5.92 Å². The van der Waals surface area contributed by atoms with Gasteiger partial charge < -0.3 is 10.0 Å². The summed E-state index contributed by atoms with van der Waals surface area (Å²) in [6, 6.07) is 0. The molecule has 1 aliphatic heterocycles. The highest BCUT2D eigenvalue weighted by Crippen LogP contribution is 2.20. The van der Waals surface area contributed by atoms with Crippen molar-refractivity contribution in [2.75, 3.05) is 26.2 Å². The monoisotopic (exact) mass is 240 g/mol.